The first-order valence-corrected chi connectivity index (χ1v) is 4.19. The number of aromatic nitrogens is 1. The molecule has 1 aromatic heterocycles. The van der Waals surface area contributed by atoms with E-state index in [1.54, 1.807) is 0 Å². The van der Waals surface area contributed by atoms with Crippen LogP contribution in [0.15, 0.2) is 18.3 Å². The fraction of sp³-hybridized carbons (Fsp3) is 0.500. The first-order valence-electron chi connectivity index (χ1n) is 4.19. The zero-order valence-corrected chi connectivity index (χ0v) is 7.96. The molecule has 0 unspecified atom stereocenters. The van der Waals surface area contributed by atoms with E-state index in [2.05, 4.69) is 31.8 Å². The van der Waals surface area contributed by atoms with Crippen molar-refractivity contribution in [2.75, 3.05) is 0 Å². The Hall–Kier alpha value is -0.890. The van der Waals surface area contributed by atoms with E-state index < -0.39 is 0 Å². The molecule has 66 valence electrons. The summed E-state index contributed by atoms with van der Waals surface area (Å²) >= 11 is 0. The molecular weight excluding hydrogens is 148 g/mol. The van der Waals surface area contributed by atoms with Gasteiger partial charge in [-0.25, -0.2) is 0 Å². The van der Waals surface area contributed by atoms with Gasteiger partial charge in [-0.3, -0.25) is 4.98 Å². The van der Waals surface area contributed by atoms with E-state index in [0.29, 0.717) is 6.54 Å². The average molecular weight is 164 g/mol. The monoisotopic (exact) mass is 164 g/mol. The standard InChI is InChI=1S/C10H16N2/c1-10(2,3)8-4-5-9(6-11)12-7-8/h4-5,7H,6,11H2,1-3H3. The Morgan fingerprint density at radius 3 is 2.33 bits per heavy atom. The highest BCUT2D eigenvalue weighted by atomic mass is 14.7. The lowest BCUT2D eigenvalue weighted by molar-refractivity contribution is 0.586. The molecule has 1 aromatic rings. The Bertz CT molecular complexity index is 244. The highest BCUT2D eigenvalue weighted by molar-refractivity contribution is 5.20. The van der Waals surface area contributed by atoms with Crippen LogP contribution in [0.4, 0.5) is 0 Å². The van der Waals surface area contributed by atoms with Gasteiger partial charge in [0.15, 0.2) is 0 Å². The van der Waals surface area contributed by atoms with Crippen molar-refractivity contribution in [3.05, 3.63) is 29.6 Å². The first kappa shape index (κ1) is 9.20. The van der Waals surface area contributed by atoms with Crippen LogP contribution in [0.1, 0.15) is 32.0 Å². The fourth-order valence-corrected chi connectivity index (χ4v) is 0.989. The van der Waals surface area contributed by atoms with Gasteiger partial charge < -0.3 is 5.73 Å². The van der Waals surface area contributed by atoms with Crippen LogP contribution in [0.3, 0.4) is 0 Å². The Kier molecular flexibility index (Phi) is 2.48. The molecule has 0 aromatic carbocycles. The van der Waals surface area contributed by atoms with E-state index in [1.807, 2.05) is 12.3 Å². The van der Waals surface area contributed by atoms with Gasteiger partial charge in [0.25, 0.3) is 0 Å². The van der Waals surface area contributed by atoms with Gasteiger partial charge in [0.05, 0.1) is 5.69 Å². The normalized spacial score (nSPS) is 11.7. The number of hydrogen-bond acceptors (Lipinski definition) is 2. The maximum atomic E-state index is 5.45. The van der Waals surface area contributed by atoms with E-state index in [9.17, 15) is 0 Å². The lowest BCUT2D eigenvalue weighted by atomic mass is 9.88. The van der Waals surface area contributed by atoms with Crippen LogP contribution < -0.4 is 5.73 Å². The third-order valence-electron chi connectivity index (χ3n) is 1.90. The van der Waals surface area contributed by atoms with E-state index in [1.165, 1.54) is 5.56 Å². The third-order valence-corrected chi connectivity index (χ3v) is 1.90. The lowest BCUT2D eigenvalue weighted by Gasteiger charge is -2.18. The molecule has 0 spiro atoms. The van der Waals surface area contributed by atoms with Crippen molar-refractivity contribution in [2.24, 2.45) is 5.73 Å². The van der Waals surface area contributed by atoms with Gasteiger partial charge >= 0.3 is 0 Å². The fourth-order valence-electron chi connectivity index (χ4n) is 0.989. The molecule has 0 saturated carbocycles. The molecule has 2 nitrogen and oxygen atoms in total. The van der Waals surface area contributed by atoms with Crippen LogP contribution in [-0.2, 0) is 12.0 Å². The summed E-state index contributed by atoms with van der Waals surface area (Å²) in [6, 6.07) is 4.08. The van der Waals surface area contributed by atoms with Crippen molar-refractivity contribution < 1.29 is 0 Å². The first-order chi connectivity index (χ1) is 5.54. The summed E-state index contributed by atoms with van der Waals surface area (Å²) in [5.41, 5.74) is 7.82. The Morgan fingerprint density at radius 1 is 1.33 bits per heavy atom. The van der Waals surface area contributed by atoms with E-state index in [-0.39, 0.29) is 5.41 Å². The van der Waals surface area contributed by atoms with Crippen LogP contribution >= 0.6 is 0 Å². The molecule has 0 amide bonds. The van der Waals surface area contributed by atoms with Crippen molar-refractivity contribution in [1.29, 1.82) is 0 Å². The minimum atomic E-state index is 0.181. The molecule has 0 fully saturated rings. The number of nitrogens with zero attached hydrogens (tertiary/aromatic N) is 1. The molecule has 0 bridgehead atoms. The van der Waals surface area contributed by atoms with Gasteiger partial charge in [0.1, 0.15) is 0 Å². The Labute approximate surface area is 73.8 Å². The predicted molar refractivity (Wildman–Crippen MR) is 50.8 cm³/mol. The topological polar surface area (TPSA) is 38.9 Å². The van der Waals surface area contributed by atoms with Crippen molar-refractivity contribution in [3.8, 4) is 0 Å². The van der Waals surface area contributed by atoms with Crippen molar-refractivity contribution in [3.63, 3.8) is 0 Å². The molecular formula is C10H16N2. The Balaban J connectivity index is 2.93. The van der Waals surface area contributed by atoms with Gasteiger partial charge in [0, 0.05) is 12.7 Å². The second-order valence-electron chi connectivity index (χ2n) is 3.99. The number of hydrogen-bond donors (Lipinski definition) is 1. The smallest absolute Gasteiger partial charge is 0.0539 e. The van der Waals surface area contributed by atoms with Crippen molar-refractivity contribution in [2.45, 2.75) is 32.7 Å². The summed E-state index contributed by atoms with van der Waals surface area (Å²) < 4.78 is 0. The van der Waals surface area contributed by atoms with Gasteiger partial charge in [-0.1, -0.05) is 26.8 Å². The second-order valence-corrected chi connectivity index (χ2v) is 3.99. The molecule has 0 aliphatic rings. The maximum absolute atomic E-state index is 5.45. The van der Waals surface area contributed by atoms with Gasteiger partial charge in [-0.05, 0) is 17.0 Å². The molecule has 12 heavy (non-hydrogen) atoms. The second kappa shape index (κ2) is 3.23. The summed E-state index contributed by atoms with van der Waals surface area (Å²) in [7, 11) is 0. The molecule has 0 aliphatic heterocycles. The quantitative estimate of drug-likeness (QED) is 0.687. The zero-order chi connectivity index (χ0) is 9.19. The summed E-state index contributed by atoms with van der Waals surface area (Å²) in [5.74, 6) is 0. The molecule has 0 aliphatic carbocycles. The molecule has 0 saturated heterocycles. The van der Waals surface area contributed by atoms with E-state index >= 15 is 0 Å². The number of pyridine rings is 1. The van der Waals surface area contributed by atoms with Gasteiger partial charge in [-0.2, -0.15) is 0 Å². The highest BCUT2D eigenvalue weighted by Crippen LogP contribution is 2.20. The van der Waals surface area contributed by atoms with Crippen LogP contribution in [0.25, 0.3) is 0 Å². The SMILES string of the molecule is CC(C)(C)c1ccc(CN)nc1. The molecule has 2 heteroatoms. The van der Waals surface area contributed by atoms with E-state index in [4.69, 9.17) is 5.73 Å². The van der Waals surface area contributed by atoms with Gasteiger partial charge in [-0.15, -0.1) is 0 Å². The van der Waals surface area contributed by atoms with Crippen LogP contribution in [0.5, 0.6) is 0 Å². The summed E-state index contributed by atoms with van der Waals surface area (Å²) in [5, 5.41) is 0. The molecule has 0 radical (unpaired) electrons. The molecule has 0 atom stereocenters. The average Bonchev–Trinajstić information content (AvgIpc) is 2.03. The molecule has 2 N–H and O–H groups in total. The minimum Gasteiger partial charge on any atom is -0.325 e. The minimum absolute atomic E-state index is 0.181. The third kappa shape index (κ3) is 2.05. The zero-order valence-electron chi connectivity index (χ0n) is 7.96. The summed E-state index contributed by atoms with van der Waals surface area (Å²) in [4.78, 5) is 4.24. The molecule has 1 heterocycles. The van der Waals surface area contributed by atoms with Crippen LogP contribution in [0, 0.1) is 0 Å². The Morgan fingerprint density at radius 2 is 2.00 bits per heavy atom. The van der Waals surface area contributed by atoms with Crippen LogP contribution in [-0.4, -0.2) is 4.98 Å². The largest absolute Gasteiger partial charge is 0.325 e. The number of rotatable bonds is 1. The summed E-state index contributed by atoms with van der Waals surface area (Å²) in [6.45, 7) is 7.04. The van der Waals surface area contributed by atoms with Crippen molar-refractivity contribution >= 4 is 0 Å². The van der Waals surface area contributed by atoms with Crippen LogP contribution in [0.2, 0.25) is 0 Å². The predicted octanol–water partition coefficient (Wildman–Crippen LogP) is 1.84. The maximum Gasteiger partial charge on any atom is 0.0539 e. The molecule has 1 rings (SSSR count). The van der Waals surface area contributed by atoms with Crippen molar-refractivity contribution in [1.82, 2.24) is 4.98 Å². The lowest BCUT2D eigenvalue weighted by Crippen LogP contribution is -2.12. The van der Waals surface area contributed by atoms with Gasteiger partial charge in [0.2, 0.25) is 0 Å². The summed E-state index contributed by atoms with van der Waals surface area (Å²) in [6.07, 6.45) is 1.90. The number of nitrogens with two attached hydrogens (primary N) is 1. The highest BCUT2D eigenvalue weighted by Gasteiger charge is 2.12. The van der Waals surface area contributed by atoms with E-state index in [0.717, 1.165) is 5.69 Å².